The average Bonchev–Trinajstić information content (AvgIpc) is 3.30. The topological polar surface area (TPSA) is 62.3 Å². The van der Waals surface area contributed by atoms with Crippen molar-refractivity contribution in [3.8, 4) is 0 Å². The molecule has 1 aliphatic heterocycles. The van der Waals surface area contributed by atoms with E-state index in [-0.39, 0.29) is 11.8 Å². The molecule has 8 heteroatoms. The van der Waals surface area contributed by atoms with Crippen LogP contribution in [0.15, 0.2) is 75.5 Å². The third-order valence-corrected chi connectivity index (χ3v) is 8.71. The zero-order valence-electron chi connectivity index (χ0n) is 19.0. The van der Waals surface area contributed by atoms with E-state index in [4.69, 9.17) is 4.98 Å². The van der Waals surface area contributed by atoms with Gasteiger partial charge in [-0.2, -0.15) is 0 Å². The van der Waals surface area contributed by atoms with Crippen LogP contribution in [0.25, 0.3) is 10.2 Å². The van der Waals surface area contributed by atoms with Crippen molar-refractivity contribution in [1.29, 1.82) is 0 Å². The Morgan fingerprint density at radius 2 is 1.71 bits per heavy atom. The van der Waals surface area contributed by atoms with Crippen molar-refractivity contribution in [1.82, 2.24) is 9.88 Å². The summed E-state index contributed by atoms with van der Waals surface area (Å²) in [7, 11) is 0. The van der Waals surface area contributed by atoms with Gasteiger partial charge in [-0.1, -0.05) is 52.0 Å². The number of fused-ring (bicyclic) bond motifs is 1. The van der Waals surface area contributed by atoms with E-state index >= 15 is 0 Å². The normalized spacial score (nSPS) is 13.7. The number of nitrogens with zero attached hydrogens (tertiary/aromatic N) is 2. The number of hydrogen-bond donors (Lipinski definition) is 1. The summed E-state index contributed by atoms with van der Waals surface area (Å²) in [5, 5.41) is 2.98. The number of amides is 2. The fourth-order valence-electron chi connectivity index (χ4n) is 4.10. The number of nitrogens with one attached hydrogen (secondary N) is 1. The first kappa shape index (κ1) is 24.0. The van der Waals surface area contributed by atoms with Gasteiger partial charge in [-0.3, -0.25) is 9.59 Å². The molecule has 0 bridgehead atoms. The number of carbonyl (C=O) groups is 2. The Morgan fingerprint density at radius 1 is 0.971 bits per heavy atom. The molecule has 0 radical (unpaired) electrons. The predicted octanol–water partition coefficient (Wildman–Crippen LogP) is 7.23. The van der Waals surface area contributed by atoms with Crippen molar-refractivity contribution >= 4 is 66.7 Å². The molecule has 0 atom stereocenters. The molecule has 0 aliphatic carbocycles. The highest BCUT2D eigenvalue weighted by molar-refractivity contribution is 9.10. The first-order valence-corrected chi connectivity index (χ1v) is 14.1. The molecule has 0 spiro atoms. The van der Waals surface area contributed by atoms with Crippen LogP contribution in [0, 0.1) is 0 Å². The van der Waals surface area contributed by atoms with Crippen LogP contribution in [0.3, 0.4) is 0 Å². The fraction of sp³-hybridized carbons (Fsp3) is 0.222. The molecule has 1 aliphatic rings. The van der Waals surface area contributed by atoms with Crippen molar-refractivity contribution < 1.29 is 9.59 Å². The third-order valence-electron chi connectivity index (χ3n) is 5.95. The van der Waals surface area contributed by atoms with E-state index in [0.717, 1.165) is 57.1 Å². The summed E-state index contributed by atoms with van der Waals surface area (Å²) in [4.78, 5) is 32.8. The number of benzene rings is 3. The molecule has 1 saturated heterocycles. The number of piperidine rings is 1. The summed E-state index contributed by atoms with van der Waals surface area (Å²) >= 11 is 6.78. The van der Waals surface area contributed by atoms with Gasteiger partial charge >= 0.3 is 0 Å². The maximum Gasteiger partial charge on any atom is 0.256 e. The molecule has 5 nitrogen and oxygen atoms in total. The number of carbonyl (C=O) groups excluding carboxylic acids is 2. The Balaban J connectivity index is 1.29. The lowest BCUT2D eigenvalue weighted by Crippen LogP contribution is -2.36. The Kier molecular flexibility index (Phi) is 7.51. The predicted molar refractivity (Wildman–Crippen MR) is 147 cm³/mol. The first-order valence-electron chi connectivity index (χ1n) is 11.5. The van der Waals surface area contributed by atoms with Crippen LogP contribution in [-0.4, -0.2) is 34.8 Å². The minimum atomic E-state index is -0.278. The fourth-order valence-corrected chi connectivity index (χ4v) is 6.43. The number of rotatable bonds is 6. The molecule has 2 amide bonds. The number of halogens is 1. The summed E-state index contributed by atoms with van der Waals surface area (Å²) < 4.78 is 3.07. The second-order valence-electron chi connectivity index (χ2n) is 8.43. The van der Waals surface area contributed by atoms with E-state index < -0.39 is 0 Å². The monoisotopic (exact) mass is 565 g/mol. The Morgan fingerprint density at radius 3 is 2.49 bits per heavy atom. The molecule has 1 N–H and O–H groups in total. The summed E-state index contributed by atoms with van der Waals surface area (Å²) in [5.41, 5.74) is 3.70. The van der Waals surface area contributed by atoms with E-state index in [1.165, 1.54) is 5.56 Å². The zero-order valence-corrected chi connectivity index (χ0v) is 22.2. The summed E-state index contributed by atoms with van der Waals surface area (Å²) in [6.45, 7) is 1.50. The average molecular weight is 567 g/mol. The second-order valence-corrected chi connectivity index (χ2v) is 11.6. The number of aromatic nitrogens is 1. The van der Waals surface area contributed by atoms with Crippen LogP contribution in [0.2, 0.25) is 0 Å². The van der Waals surface area contributed by atoms with Gasteiger partial charge in [0.25, 0.3) is 11.8 Å². The highest BCUT2D eigenvalue weighted by Gasteiger charge is 2.23. The standard InChI is InChI=1S/C27H24BrN3O2S2/c28-19-10-8-18(9-11-19)17-34-27-30-23-13-12-20(16-24(23)35-27)29-25(32)21-6-2-3-7-22(21)26(33)31-14-4-1-5-15-31/h2-3,6-13,16H,1,4-5,14-15,17H2,(H,29,32). The molecule has 4 aromatic rings. The molecule has 35 heavy (non-hydrogen) atoms. The van der Waals surface area contributed by atoms with Gasteiger partial charge in [-0.05, 0) is 67.3 Å². The Labute approximate surface area is 221 Å². The zero-order chi connectivity index (χ0) is 24.2. The number of likely N-dealkylation sites (tertiary alicyclic amines) is 1. The Hall–Kier alpha value is -2.68. The smallest absolute Gasteiger partial charge is 0.256 e. The highest BCUT2D eigenvalue weighted by Crippen LogP contribution is 2.33. The lowest BCUT2D eigenvalue weighted by atomic mass is 10.0. The molecular formula is C27H24BrN3O2S2. The SMILES string of the molecule is O=C(Nc1ccc2nc(SCc3ccc(Br)cc3)sc2c1)c1ccccc1C(=O)N1CCCCC1. The molecule has 1 fully saturated rings. The van der Waals surface area contributed by atoms with Crippen LogP contribution in [0.1, 0.15) is 45.5 Å². The van der Waals surface area contributed by atoms with Crippen molar-refractivity contribution in [3.63, 3.8) is 0 Å². The van der Waals surface area contributed by atoms with E-state index in [0.29, 0.717) is 16.8 Å². The van der Waals surface area contributed by atoms with Crippen molar-refractivity contribution in [2.75, 3.05) is 18.4 Å². The lowest BCUT2D eigenvalue weighted by molar-refractivity contribution is 0.0720. The van der Waals surface area contributed by atoms with Gasteiger partial charge in [0.15, 0.2) is 4.34 Å². The van der Waals surface area contributed by atoms with Crippen molar-refractivity contribution in [2.45, 2.75) is 29.4 Å². The maximum absolute atomic E-state index is 13.1. The number of anilines is 1. The van der Waals surface area contributed by atoms with Crippen LogP contribution in [0.5, 0.6) is 0 Å². The number of hydrogen-bond acceptors (Lipinski definition) is 5. The van der Waals surface area contributed by atoms with Gasteiger partial charge in [0.2, 0.25) is 0 Å². The number of thiazole rings is 1. The van der Waals surface area contributed by atoms with Crippen LogP contribution in [-0.2, 0) is 5.75 Å². The van der Waals surface area contributed by atoms with Crippen LogP contribution >= 0.6 is 39.0 Å². The van der Waals surface area contributed by atoms with Gasteiger partial charge in [0, 0.05) is 29.0 Å². The van der Waals surface area contributed by atoms with Crippen LogP contribution < -0.4 is 5.32 Å². The van der Waals surface area contributed by atoms with Gasteiger partial charge < -0.3 is 10.2 Å². The first-order chi connectivity index (χ1) is 17.1. The number of thioether (sulfide) groups is 1. The minimum Gasteiger partial charge on any atom is -0.339 e. The highest BCUT2D eigenvalue weighted by atomic mass is 79.9. The second kappa shape index (κ2) is 10.9. The molecule has 5 rings (SSSR count). The summed E-state index contributed by atoms with van der Waals surface area (Å²) in [5.74, 6) is 0.499. The van der Waals surface area contributed by atoms with E-state index in [9.17, 15) is 9.59 Å². The minimum absolute atomic E-state index is 0.0687. The molecule has 0 saturated carbocycles. The van der Waals surface area contributed by atoms with Crippen LogP contribution in [0.4, 0.5) is 5.69 Å². The molecular weight excluding hydrogens is 542 g/mol. The van der Waals surface area contributed by atoms with Gasteiger partial charge in [0.05, 0.1) is 21.3 Å². The quantitative estimate of drug-likeness (QED) is 0.250. The largest absolute Gasteiger partial charge is 0.339 e. The molecule has 3 aromatic carbocycles. The third kappa shape index (κ3) is 5.77. The molecule has 0 unspecified atom stereocenters. The van der Waals surface area contributed by atoms with Crippen molar-refractivity contribution in [2.24, 2.45) is 0 Å². The van der Waals surface area contributed by atoms with Gasteiger partial charge in [0.1, 0.15) is 0 Å². The Bertz CT molecular complexity index is 1360. The maximum atomic E-state index is 13.1. The molecule has 2 heterocycles. The van der Waals surface area contributed by atoms with E-state index in [1.807, 2.05) is 41.3 Å². The molecule has 178 valence electrons. The van der Waals surface area contributed by atoms with E-state index in [1.54, 1.807) is 41.3 Å². The van der Waals surface area contributed by atoms with E-state index in [2.05, 4.69) is 33.4 Å². The van der Waals surface area contributed by atoms with Crippen molar-refractivity contribution in [3.05, 3.63) is 87.9 Å². The van der Waals surface area contributed by atoms with Gasteiger partial charge in [-0.25, -0.2) is 4.98 Å². The lowest BCUT2D eigenvalue weighted by Gasteiger charge is -2.27. The summed E-state index contributed by atoms with van der Waals surface area (Å²) in [6.07, 6.45) is 3.17. The summed E-state index contributed by atoms with van der Waals surface area (Å²) in [6, 6.07) is 21.1. The molecule has 1 aromatic heterocycles. The van der Waals surface area contributed by atoms with Gasteiger partial charge in [-0.15, -0.1) is 11.3 Å².